The van der Waals surface area contributed by atoms with Crippen molar-refractivity contribution < 1.29 is 4.42 Å². The number of halogens is 1. The van der Waals surface area contributed by atoms with E-state index in [1.807, 2.05) is 6.07 Å². The Hall–Kier alpha value is -2.21. The van der Waals surface area contributed by atoms with Crippen LogP contribution in [0.3, 0.4) is 0 Å². The summed E-state index contributed by atoms with van der Waals surface area (Å²) in [6.45, 7) is 6.67. The van der Waals surface area contributed by atoms with Crippen molar-refractivity contribution in [2.75, 3.05) is 5.73 Å². The fourth-order valence-electron chi connectivity index (χ4n) is 2.98. The van der Waals surface area contributed by atoms with Crippen molar-refractivity contribution in [3.63, 3.8) is 0 Å². The Balaban J connectivity index is 1.69. The van der Waals surface area contributed by atoms with Gasteiger partial charge >= 0.3 is 0 Å². The molecule has 5 nitrogen and oxygen atoms in total. The molecular weight excluding hydrogens is 368 g/mol. The largest absolute Gasteiger partial charge is 0.416 e. The van der Waals surface area contributed by atoms with E-state index in [2.05, 4.69) is 70.1 Å². The Morgan fingerprint density at radius 3 is 2.62 bits per heavy atom. The van der Waals surface area contributed by atoms with Gasteiger partial charge in [-0.2, -0.15) is 0 Å². The molecule has 6 heteroatoms. The molecule has 122 valence electrons. The molecule has 0 aromatic carbocycles. The minimum Gasteiger partial charge on any atom is -0.416 e. The molecule has 24 heavy (non-hydrogen) atoms. The van der Waals surface area contributed by atoms with E-state index in [9.17, 15) is 0 Å². The molecule has 0 saturated heterocycles. The van der Waals surface area contributed by atoms with Crippen LogP contribution in [0.2, 0.25) is 0 Å². The van der Waals surface area contributed by atoms with Crippen molar-refractivity contribution in [1.82, 2.24) is 15.2 Å². The Bertz CT molecular complexity index is 931. The zero-order valence-electron chi connectivity index (χ0n) is 13.7. The van der Waals surface area contributed by atoms with Gasteiger partial charge in [-0.3, -0.25) is 0 Å². The summed E-state index contributed by atoms with van der Waals surface area (Å²) in [5.41, 5.74) is 10.5. The Morgan fingerprint density at radius 1 is 1.12 bits per heavy atom. The smallest absolute Gasteiger partial charge is 0.251 e. The van der Waals surface area contributed by atoms with Crippen LogP contribution >= 0.6 is 15.9 Å². The molecule has 2 aromatic heterocycles. The van der Waals surface area contributed by atoms with Crippen molar-refractivity contribution in [1.29, 1.82) is 0 Å². The summed E-state index contributed by atoms with van der Waals surface area (Å²) in [4.78, 5) is 4.11. The lowest BCUT2D eigenvalue weighted by Crippen LogP contribution is -2.12. The summed E-state index contributed by atoms with van der Waals surface area (Å²) in [6, 6.07) is 1.83. The lowest BCUT2D eigenvalue weighted by Gasteiger charge is -2.24. The van der Waals surface area contributed by atoms with E-state index in [0.717, 1.165) is 10.0 Å². The summed E-state index contributed by atoms with van der Waals surface area (Å²) in [5.74, 6) is 1.57. The molecular formula is C18H17BrN4O. The predicted molar refractivity (Wildman–Crippen MR) is 96.7 cm³/mol. The third kappa shape index (κ3) is 2.51. The van der Waals surface area contributed by atoms with Crippen molar-refractivity contribution in [3.05, 3.63) is 52.0 Å². The molecule has 2 aliphatic carbocycles. The first-order chi connectivity index (χ1) is 11.3. The van der Waals surface area contributed by atoms with Gasteiger partial charge in [0.15, 0.2) is 0 Å². The highest BCUT2D eigenvalue weighted by atomic mass is 79.9. The molecule has 2 aromatic rings. The second-order valence-corrected chi connectivity index (χ2v) is 7.97. The minimum atomic E-state index is 0.138. The normalized spacial score (nSPS) is 19.3. The van der Waals surface area contributed by atoms with E-state index in [1.165, 1.54) is 11.1 Å². The summed E-state index contributed by atoms with van der Waals surface area (Å²) < 4.78 is 6.68. The van der Waals surface area contributed by atoms with Gasteiger partial charge in [-0.25, -0.2) is 4.98 Å². The molecule has 0 amide bonds. The van der Waals surface area contributed by atoms with E-state index >= 15 is 0 Å². The molecule has 0 radical (unpaired) electrons. The number of aromatic nitrogens is 3. The maximum atomic E-state index is 5.92. The molecule has 0 spiro atoms. The highest BCUT2D eigenvalue weighted by molar-refractivity contribution is 9.10. The molecule has 1 atom stereocenters. The zero-order chi connectivity index (χ0) is 17.1. The number of hydrogen-bond donors (Lipinski definition) is 1. The molecule has 0 fully saturated rings. The standard InChI is InChI=1S/C18H17BrN4O/c1-18(2,3)14-5-4-10(11-7-12(11)14)16-22-23-17(24-16)13-6-9(19)8-21-15(13)20/h4-8,11H,1-3H3,(H2,20,21)/t11-/m1/s1. The first-order valence-electron chi connectivity index (χ1n) is 7.74. The first kappa shape index (κ1) is 15.3. The van der Waals surface area contributed by atoms with Gasteiger partial charge in [0, 0.05) is 22.2 Å². The number of rotatable bonds is 2. The monoisotopic (exact) mass is 384 g/mol. The van der Waals surface area contributed by atoms with Gasteiger partial charge in [0.1, 0.15) is 5.82 Å². The summed E-state index contributed by atoms with van der Waals surface area (Å²) in [6.07, 6.45) is 8.12. The van der Waals surface area contributed by atoms with Crippen LogP contribution in [0.15, 0.2) is 50.5 Å². The van der Waals surface area contributed by atoms with Crippen LogP contribution in [0.5, 0.6) is 0 Å². The SMILES string of the molecule is CC(C)(C)C1=CC=C(c2nnc(-c3cc(Br)cnc3N)o2)[C@H]2C=C12. The van der Waals surface area contributed by atoms with Crippen molar-refractivity contribution in [2.24, 2.45) is 11.3 Å². The van der Waals surface area contributed by atoms with Gasteiger partial charge in [0.05, 0.1) is 5.56 Å². The van der Waals surface area contributed by atoms with Crippen LogP contribution in [-0.4, -0.2) is 15.2 Å². The number of fused-ring (bicyclic) bond motifs is 1. The molecule has 0 bridgehead atoms. The first-order valence-corrected chi connectivity index (χ1v) is 8.53. The summed E-state index contributed by atoms with van der Waals surface area (Å²) in [5, 5.41) is 8.35. The zero-order valence-corrected chi connectivity index (χ0v) is 15.3. The third-order valence-electron chi connectivity index (χ3n) is 4.24. The number of anilines is 1. The van der Waals surface area contributed by atoms with E-state index in [-0.39, 0.29) is 11.3 Å². The van der Waals surface area contributed by atoms with Gasteiger partial charge in [-0.05, 0) is 38.6 Å². The molecule has 0 saturated carbocycles. The summed E-state index contributed by atoms with van der Waals surface area (Å²) in [7, 11) is 0. The van der Waals surface area contributed by atoms with Crippen LogP contribution in [0.4, 0.5) is 5.82 Å². The molecule has 4 rings (SSSR count). The average molecular weight is 385 g/mol. The Kier molecular flexibility index (Phi) is 3.28. The number of allylic oxidation sites excluding steroid dienone is 6. The van der Waals surface area contributed by atoms with Gasteiger partial charge in [0.2, 0.25) is 5.89 Å². The minimum absolute atomic E-state index is 0.138. The van der Waals surface area contributed by atoms with E-state index in [1.54, 1.807) is 6.20 Å². The van der Waals surface area contributed by atoms with Gasteiger partial charge in [0.25, 0.3) is 5.89 Å². The van der Waals surface area contributed by atoms with E-state index in [4.69, 9.17) is 10.2 Å². The Labute approximate surface area is 148 Å². The molecule has 0 aliphatic heterocycles. The number of nitrogen functional groups attached to an aromatic ring is 1. The van der Waals surface area contributed by atoms with Crippen molar-refractivity contribution in [3.8, 4) is 11.5 Å². The van der Waals surface area contributed by atoms with Crippen molar-refractivity contribution >= 4 is 27.3 Å². The predicted octanol–water partition coefficient (Wildman–Crippen LogP) is 4.40. The maximum Gasteiger partial charge on any atom is 0.251 e. The third-order valence-corrected chi connectivity index (χ3v) is 4.68. The number of nitrogens with two attached hydrogens (primary N) is 1. The van der Waals surface area contributed by atoms with Gasteiger partial charge in [-0.15, -0.1) is 10.2 Å². The quantitative estimate of drug-likeness (QED) is 0.829. The highest BCUT2D eigenvalue weighted by Gasteiger charge is 2.39. The molecule has 0 unspecified atom stereocenters. The van der Waals surface area contributed by atoms with Crippen LogP contribution in [0.25, 0.3) is 17.0 Å². The summed E-state index contributed by atoms with van der Waals surface area (Å²) >= 11 is 3.38. The van der Waals surface area contributed by atoms with Gasteiger partial charge < -0.3 is 10.2 Å². The molecule has 2 heterocycles. The fourth-order valence-corrected chi connectivity index (χ4v) is 3.31. The molecule has 2 N–H and O–H groups in total. The lowest BCUT2D eigenvalue weighted by atomic mass is 9.80. The van der Waals surface area contributed by atoms with Crippen LogP contribution in [-0.2, 0) is 0 Å². The second-order valence-electron chi connectivity index (χ2n) is 7.05. The second kappa shape index (κ2) is 5.14. The average Bonchev–Trinajstić information content (AvgIpc) is 3.16. The van der Waals surface area contributed by atoms with E-state index in [0.29, 0.717) is 23.2 Å². The molecule has 2 aliphatic rings. The van der Waals surface area contributed by atoms with Crippen molar-refractivity contribution in [2.45, 2.75) is 20.8 Å². The number of hydrogen-bond acceptors (Lipinski definition) is 5. The fraction of sp³-hybridized carbons (Fsp3) is 0.278. The van der Waals surface area contributed by atoms with Crippen LogP contribution in [0.1, 0.15) is 26.7 Å². The maximum absolute atomic E-state index is 5.92. The lowest BCUT2D eigenvalue weighted by molar-refractivity contribution is 0.509. The Morgan fingerprint density at radius 2 is 1.88 bits per heavy atom. The topological polar surface area (TPSA) is 77.8 Å². The van der Waals surface area contributed by atoms with Crippen LogP contribution in [0, 0.1) is 11.3 Å². The number of nitrogens with zero attached hydrogens (tertiary/aromatic N) is 3. The van der Waals surface area contributed by atoms with E-state index < -0.39 is 0 Å². The number of pyridine rings is 1. The van der Waals surface area contributed by atoms with Crippen LogP contribution < -0.4 is 5.73 Å². The highest BCUT2D eigenvalue weighted by Crippen LogP contribution is 2.52. The van der Waals surface area contributed by atoms with Gasteiger partial charge in [-0.1, -0.05) is 39.0 Å².